The van der Waals surface area contributed by atoms with Gasteiger partial charge in [0.2, 0.25) is 5.43 Å². The minimum atomic E-state index is -1.35. The van der Waals surface area contributed by atoms with Crippen molar-refractivity contribution in [2.75, 3.05) is 0 Å². The number of halogens is 4. The van der Waals surface area contributed by atoms with Crippen molar-refractivity contribution in [3.05, 3.63) is 70.1 Å². The van der Waals surface area contributed by atoms with Gasteiger partial charge < -0.3 is 30.3 Å². The average Bonchev–Trinajstić information content (AvgIpc) is 2.85. The normalized spacial score (nSPS) is 11.3. The summed E-state index contributed by atoms with van der Waals surface area (Å²) in [5.41, 5.74) is 6.33. The van der Waals surface area contributed by atoms with Gasteiger partial charge in [-0.25, -0.2) is 0 Å². The molecule has 0 amide bonds. The third-order valence-electron chi connectivity index (χ3n) is 5.43. The Morgan fingerprint density at radius 3 is 2.08 bits per heavy atom. The Bertz CT molecular complexity index is 1580. The van der Waals surface area contributed by atoms with Crippen LogP contribution in [0.25, 0.3) is 33.4 Å². The Labute approximate surface area is 301 Å². The fourth-order valence-corrected chi connectivity index (χ4v) is 5.84. The molecular formula is C25H17Br4NNa2O7. The van der Waals surface area contributed by atoms with E-state index in [2.05, 4.69) is 63.7 Å². The molecule has 14 heteroatoms. The zero-order chi connectivity index (χ0) is 27.8. The third kappa shape index (κ3) is 7.78. The van der Waals surface area contributed by atoms with Gasteiger partial charge in [-0.1, -0.05) is 59.8 Å². The first-order chi connectivity index (χ1) is 17.3. The molecular weight excluding hydrogens is 792 g/mol. The Morgan fingerprint density at radius 1 is 0.974 bits per heavy atom. The molecule has 0 spiro atoms. The molecule has 3 N–H and O–H groups in total. The van der Waals surface area contributed by atoms with E-state index in [0.717, 1.165) is 0 Å². The van der Waals surface area contributed by atoms with E-state index in [1.54, 1.807) is 44.2 Å². The minimum Gasteiger partial charge on any atom is -0.871 e. The van der Waals surface area contributed by atoms with Crippen LogP contribution in [-0.4, -0.2) is 23.1 Å². The molecule has 8 nitrogen and oxygen atoms in total. The summed E-state index contributed by atoms with van der Waals surface area (Å²) in [5, 5.41) is 32.9. The standard InChI is InChI=1S/C20H8Br4O5.C5H11NO2.2Na/c21-11-5-9-13(7-3-1-2-4-8(7)20(27)28)10-6-12(22)17(26)15(24)19(10)29-18(9)14(23)16(11)25;1-3(2)4(6)5(7)8;;/h1-6,25H,(H,27,28);3-4H,6H2,1-2H3,(H,7,8);;/q;;2*+1/p-2/t;4-;;/m.0../s1. The number of aliphatic carboxylic acids is 1. The van der Waals surface area contributed by atoms with Crippen molar-refractivity contribution in [3.63, 3.8) is 0 Å². The van der Waals surface area contributed by atoms with Crippen molar-refractivity contribution in [2.45, 2.75) is 19.9 Å². The minimum absolute atomic E-state index is 0. The maximum absolute atomic E-state index is 12.4. The van der Waals surface area contributed by atoms with Gasteiger partial charge in [0, 0.05) is 26.5 Å². The Hall–Kier alpha value is -0.250. The summed E-state index contributed by atoms with van der Waals surface area (Å²) in [6, 6.07) is 8.79. The molecule has 1 atom stereocenters. The number of carbonyl (C=O) groups excluding carboxylic acids is 1. The number of carbonyl (C=O) groups is 2. The summed E-state index contributed by atoms with van der Waals surface area (Å²) in [6.45, 7) is 3.55. The van der Waals surface area contributed by atoms with Crippen molar-refractivity contribution in [3.8, 4) is 28.2 Å². The molecule has 1 aliphatic carbocycles. The van der Waals surface area contributed by atoms with E-state index in [1.165, 1.54) is 6.07 Å². The predicted octanol–water partition coefficient (Wildman–Crippen LogP) is -0.886. The van der Waals surface area contributed by atoms with Gasteiger partial charge in [0.1, 0.15) is 16.1 Å². The molecule has 39 heavy (non-hydrogen) atoms. The maximum Gasteiger partial charge on any atom is 1.00 e. The number of fused-ring (bicyclic) bond motifs is 2. The number of carboxylic acid groups (broad SMARTS) is 2. The second-order valence-corrected chi connectivity index (χ2v) is 11.5. The molecule has 4 rings (SSSR count). The molecule has 0 bridgehead atoms. The summed E-state index contributed by atoms with van der Waals surface area (Å²) in [7, 11) is 0. The third-order valence-corrected chi connectivity index (χ3v) is 8.04. The van der Waals surface area contributed by atoms with Crippen LogP contribution in [0.5, 0.6) is 5.75 Å². The number of nitrogens with two attached hydrogens (primary N) is 1. The second-order valence-electron chi connectivity index (χ2n) is 8.17. The van der Waals surface area contributed by atoms with E-state index < -0.39 is 18.0 Å². The number of carboxylic acids is 2. The number of aromatic carboxylic acids is 1. The van der Waals surface area contributed by atoms with E-state index >= 15 is 0 Å². The van der Waals surface area contributed by atoms with Crippen molar-refractivity contribution in [1.29, 1.82) is 0 Å². The van der Waals surface area contributed by atoms with Gasteiger partial charge in [-0.3, -0.25) is 9.59 Å². The molecule has 2 aliphatic rings. The molecule has 0 saturated heterocycles. The first kappa shape index (κ1) is 36.8. The second kappa shape index (κ2) is 15.3. The maximum atomic E-state index is 12.4. The van der Waals surface area contributed by atoms with E-state index in [9.17, 15) is 24.6 Å². The Kier molecular flexibility index (Phi) is 14.4. The topological polar surface area (TPSA) is 157 Å². The van der Waals surface area contributed by atoms with E-state index in [4.69, 9.17) is 15.3 Å². The van der Waals surface area contributed by atoms with E-state index in [0.29, 0.717) is 22.1 Å². The molecule has 1 aliphatic heterocycles. The summed E-state index contributed by atoms with van der Waals surface area (Å²) < 4.78 is 6.80. The number of benzene rings is 3. The zero-order valence-electron chi connectivity index (χ0n) is 21.1. The van der Waals surface area contributed by atoms with Crippen molar-refractivity contribution < 1.29 is 88.4 Å². The van der Waals surface area contributed by atoms with Crippen LogP contribution in [0, 0.1) is 5.92 Å². The number of hydrogen-bond acceptors (Lipinski definition) is 7. The molecule has 2 aromatic carbocycles. The zero-order valence-corrected chi connectivity index (χ0v) is 31.4. The van der Waals surface area contributed by atoms with Crippen LogP contribution in [0.2, 0.25) is 0 Å². The van der Waals surface area contributed by atoms with E-state index in [-0.39, 0.29) is 111 Å². The average molecular weight is 809 g/mol. The van der Waals surface area contributed by atoms with Crippen LogP contribution in [-0.2, 0) is 4.79 Å². The van der Waals surface area contributed by atoms with Crippen LogP contribution >= 0.6 is 63.7 Å². The molecule has 0 saturated carbocycles. The van der Waals surface area contributed by atoms with Crippen LogP contribution in [0.3, 0.4) is 0 Å². The smallest absolute Gasteiger partial charge is 0.871 e. The van der Waals surface area contributed by atoms with Crippen LogP contribution in [0.1, 0.15) is 24.2 Å². The number of hydrogen-bond donors (Lipinski definition) is 2. The Balaban J connectivity index is 0.000000668. The first-order valence-electron chi connectivity index (χ1n) is 10.5. The van der Waals surface area contributed by atoms with Crippen molar-refractivity contribution in [2.24, 2.45) is 11.7 Å². The quantitative estimate of drug-likeness (QED) is 0.199. The Morgan fingerprint density at radius 2 is 1.56 bits per heavy atom. The monoisotopic (exact) mass is 805 g/mol. The van der Waals surface area contributed by atoms with E-state index in [1.807, 2.05) is 0 Å². The van der Waals surface area contributed by atoms with Crippen LogP contribution in [0.4, 0.5) is 0 Å². The van der Waals surface area contributed by atoms with Gasteiger partial charge in [0.25, 0.3) is 0 Å². The van der Waals surface area contributed by atoms with Crippen molar-refractivity contribution >= 4 is 86.6 Å². The number of rotatable bonds is 4. The van der Waals surface area contributed by atoms with Gasteiger partial charge in [0.05, 0.1) is 14.9 Å². The molecule has 1 heterocycles. The molecule has 194 valence electrons. The fourth-order valence-electron chi connectivity index (χ4n) is 3.44. The fraction of sp³-hybridized carbons (Fsp3) is 0.160. The van der Waals surface area contributed by atoms with Gasteiger partial charge in [0.15, 0.2) is 5.76 Å². The van der Waals surface area contributed by atoms with Gasteiger partial charge >= 0.3 is 65.1 Å². The van der Waals surface area contributed by atoms with Crippen LogP contribution in [0.15, 0.2) is 63.5 Å². The molecule has 0 unspecified atom stereocenters. The largest absolute Gasteiger partial charge is 1.00 e. The summed E-state index contributed by atoms with van der Waals surface area (Å²) in [5.74, 6) is -2.40. The summed E-state index contributed by atoms with van der Waals surface area (Å²) in [4.78, 5) is 34.2. The molecule has 2 aromatic rings. The van der Waals surface area contributed by atoms with Crippen molar-refractivity contribution in [1.82, 2.24) is 0 Å². The van der Waals surface area contributed by atoms with Gasteiger partial charge in [-0.15, -0.1) is 0 Å². The first-order valence-corrected chi connectivity index (χ1v) is 13.7. The molecule has 0 fully saturated rings. The molecule has 0 radical (unpaired) electrons. The predicted molar refractivity (Wildman–Crippen MR) is 150 cm³/mol. The van der Waals surface area contributed by atoms with Gasteiger partial charge in [-0.2, -0.15) is 0 Å². The van der Waals surface area contributed by atoms with Gasteiger partial charge in [-0.05, 0) is 71.4 Å². The molecule has 0 aromatic heterocycles. The summed E-state index contributed by atoms with van der Waals surface area (Å²) in [6.07, 6.45) is 0. The summed E-state index contributed by atoms with van der Waals surface area (Å²) >= 11 is 13.0. The van der Waals surface area contributed by atoms with Crippen LogP contribution < -0.4 is 80.5 Å². The SMILES string of the molecule is CC(C)[C@H](N)C(=O)O.O=C([O-])c1ccccc1-c1c2cc(Br)c(=O)c(Br)c-2oc2c(Br)c([O-])c(Br)cc12.[Na+].[Na+].